The fourth-order valence-electron chi connectivity index (χ4n) is 4.00. The highest BCUT2D eigenvalue weighted by atomic mass is 31.1. The van der Waals surface area contributed by atoms with E-state index < -0.39 is 0 Å². The summed E-state index contributed by atoms with van der Waals surface area (Å²) in [6.45, 7) is 8.70. The van der Waals surface area contributed by atoms with Gasteiger partial charge >= 0.3 is 0 Å². The second-order valence-electron chi connectivity index (χ2n) is 8.02. The summed E-state index contributed by atoms with van der Waals surface area (Å²) in [4.78, 5) is 4.71. The minimum absolute atomic E-state index is 0.0740. The Kier molecular flexibility index (Phi) is 7.45. The van der Waals surface area contributed by atoms with E-state index in [1.165, 1.54) is 22.0 Å². The molecule has 0 fully saturated rings. The van der Waals surface area contributed by atoms with Crippen LogP contribution in [0.3, 0.4) is 0 Å². The van der Waals surface area contributed by atoms with Crippen molar-refractivity contribution in [2.45, 2.75) is 52.1 Å². The summed E-state index contributed by atoms with van der Waals surface area (Å²) < 4.78 is 0. The van der Waals surface area contributed by atoms with Crippen LogP contribution in [0.2, 0.25) is 0 Å². The lowest BCUT2D eigenvalue weighted by atomic mass is 9.89. The van der Waals surface area contributed by atoms with Crippen LogP contribution >= 0.6 is 8.58 Å². The van der Waals surface area contributed by atoms with Gasteiger partial charge in [0.15, 0.2) is 0 Å². The lowest BCUT2D eigenvalue weighted by molar-refractivity contribution is 0.442. The molecule has 3 heteroatoms. The van der Waals surface area contributed by atoms with Gasteiger partial charge in [-0.25, -0.2) is 0 Å². The number of phenols is 1. The van der Waals surface area contributed by atoms with E-state index in [-0.39, 0.29) is 5.16 Å². The smallest absolute Gasteiger partial charge is 0.119 e. The molecular weight excluding hydrogens is 385 g/mol. The third kappa shape index (κ3) is 5.18. The average Bonchev–Trinajstić information content (AvgIpc) is 2.76. The Morgan fingerprint density at radius 2 is 1.63 bits per heavy atom. The largest absolute Gasteiger partial charge is 0.508 e. The zero-order chi connectivity index (χ0) is 21.6. The normalized spacial score (nSPS) is 13.9. The van der Waals surface area contributed by atoms with Gasteiger partial charge in [0, 0.05) is 22.5 Å². The molecule has 3 aromatic rings. The molecule has 0 aliphatic rings. The fraction of sp³-hybridized carbons (Fsp3) is 0.296. The molecule has 0 heterocycles. The molecule has 2 nitrogen and oxygen atoms in total. The number of aryl methyl sites for hydroxylation is 2. The maximum Gasteiger partial charge on any atom is 0.119 e. The summed E-state index contributed by atoms with van der Waals surface area (Å²) in [6, 6.07) is 22.7. The molecule has 0 aliphatic carbocycles. The van der Waals surface area contributed by atoms with E-state index >= 15 is 0 Å². The van der Waals surface area contributed by atoms with Crippen LogP contribution in [0.25, 0.3) is 0 Å². The van der Waals surface area contributed by atoms with Crippen LogP contribution in [0.5, 0.6) is 5.75 Å². The number of rotatable bonds is 8. The van der Waals surface area contributed by atoms with E-state index in [0.717, 1.165) is 30.5 Å². The Morgan fingerprint density at radius 1 is 0.933 bits per heavy atom. The maximum atomic E-state index is 10.7. The number of aromatic hydroxyl groups is 1. The van der Waals surface area contributed by atoms with Crippen molar-refractivity contribution < 1.29 is 5.11 Å². The van der Waals surface area contributed by atoms with Crippen LogP contribution in [0.4, 0.5) is 5.69 Å². The molecule has 2 atom stereocenters. The second kappa shape index (κ2) is 10.0. The molecule has 0 saturated carbocycles. The van der Waals surface area contributed by atoms with Crippen LogP contribution in [0.15, 0.2) is 71.7 Å². The van der Waals surface area contributed by atoms with Gasteiger partial charge in [-0.05, 0) is 56.3 Å². The average molecular weight is 418 g/mol. The molecule has 30 heavy (non-hydrogen) atoms. The van der Waals surface area contributed by atoms with E-state index in [2.05, 4.69) is 52.0 Å². The van der Waals surface area contributed by atoms with Crippen LogP contribution in [-0.2, 0) is 5.16 Å². The Morgan fingerprint density at radius 3 is 2.33 bits per heavy atom. The minimum Gasteiger partial charge on any atom is -0.508 e. The van der Waals surface area contributed by atoms with Crippen LogP contribution in [-0.4, -0.2) is 11.3 Å². The van der Waals surface area contributed by atoms with Crippen molar-refractivity contribution in [2.75, 3.05) is 0 Å². The Balaban J connectivity index is 2.05. The highest BCUT2D eigenvalue weighted by molar-refractivity contribution is 7.48. The third-order valence-electron chi connectivity index (χ3n) is 5.64. The molecule has 2 unspecified atom stereocenters. The van der Waals surface area contributed by atoms with E-state index in [1.54, 1.807) is 0 Å². The van der Waals surface area contributed by atoms with Crippen LogP contribution in [0.1, 0.15) is 55.4 Å². The summed E-state index contributed by atoms with van der Waals surface area (Å²) in [7, 11) is 0.554. The summed E-state index contributed by atoms with van der Waals surface area (Å²) in [5.74, 6) is 0.412. The van der Waals surface area contributed by atoms with Crippen molar-refractivity contribution in [3.05, 3.63) is 89.0 Å². The second-order valence-corrected chi connectivity index (χ2v) is 9.76. The summed E-state index contributed by atoms with van der Waals surface area (Å²) in [5.41, 5.74) is 5.63. The van der Waals surface area contributed by atoms with Crippen LogP contribution in [0, 0.1) is 13.8 Å². The first kappa shape index (κ1) is 22.2. The first-order valence-corrected chi connectivity index (χ1v) is 11.8. The molecule has 0 aromatic heterocycles. The van der Waals surface area contributed by atoms with Gasteiger partial charge in [0.1, 0.15) is 5.75 Å². The number of para-hydroxylation sites is 1. The predicted octanol–water partition coefficient (Wildman–Crippen LogP) is 7.17. The number of hydrogen-bond acceptors (Lipinski definition) is 2. The number of hydrogen-bond donors (Lipinski definition) is 1. The molecule has 0 bridgehead atoms. The van der Waals surface area contributed by atoms with Gasteiger partial charge in [0.2, 0.25) is 0 Å². The third-order valence-corrected chi connectivity index (χ3v) is 7.71. The van der Waals surface area contributed by atoms with Gasteiger partial charge in [-0.3, -0.25) is 4.99 Å². The SMILES string of the molecule is CCCC(CC)(Pc1ccc(C)cc1C=Nc1ccccc1)c1cc(C)ccc1O. The number of nitrogens with zero attached hydrogens (tertiary/aromatic N) is 1. The monoisotopic (exact) mass is 417 g/mol. The van der Waals surface area contributed by atoms with Gasteiger partial charge in [-0.1, -0.05) is 82.4 Å². The fourth-order valence-corrected chi connectivity index (χ4v) is 5.85. The zero-order valence-corrected chi connectivity index (χ0v) is 19.4. The molecule has 3 aromatic carbocycles. The van der Waals surface area contributed by atoms with E-state index in [0.29, 0.717) is 14.3 Å². The molecular formula is C27H32NOP. The van der Waals surface area contributed by atoms with E-state index in [4.69, 9.17) is 4.99 Å². The molecule has 1 N–H and O–H groups in total. The molecule has 0 spiro atoms. The first-order valence-electron chi connectivity index (χ1n) is 10.8. The van der Waals surface area contributed by atoms with Crippen molar-refractivity contribution in [2.24, 2.45) is 4.99 Å². The van der Waals surface area contributed by atoms with Crippen LogP contribution < -0.4 is 5.30 Å². The van der Waals surface area contributed by atoms with Crippen molar-refractivity contribution in [3.8, 4) is 5.75 Å². The standard InChI is InChI=1S/C27H32NOP/c1-5-16-27(6-2,24-18-21(4)12-14-25(24)29)30-26-15-13-20(3)17-22(26)19-28-23-10-8-7-9-11-23/h7-15,17-19,29-30H,5-6,16H2,1-4H3. The van der Waals surface area contributed by atoms with E-state index in [9.17, 15) is 5.11 Å². The lowest BCUT2D eigenvalue weighted by Gasteiger charge is -2.35. The summed E-state index contributed by atoms with van der Waals surface area (Å²) >= 11 is 0. The topological polar surface area (TPSA) is 32.6 Å². The number of benzene rings is 3. The number of phenolic OH excluding ortho intramolecular Hbond substituents is 1. The highest BCUT2D eigenvalue weighted by Gasteiger charge is 2.33. The Bertz CT molecular complexity index is 1010. The molecule has 0 amide bonds. The van der Waals surface area contributed by atoms with Gasteiger partial charge in [-0.2, -0.15) is 0 Å². The molecule has 0 saturated heterocycles. The van der Waals surface area contributed by atoms with Crippen molar-refractivity contribution in [1.29, 1.82) is 0 Å². The van der Waals surface area contributed by atoms with Gasteiger partial charge in [0.05, 0.1) is 5.69 Å². The highest BCUT2D eigenvalue weighted by Crippen LogP contribution is 2.51. The molecule has 3 rings (SSSR count). The Labute approximate surface area is 182 Å². The quantitative estimate of drug-likeness (QED) is 0.306. The zero-order valence-electron chi connectivity index (χ0n) is 18.4. The molecule has 156 valence electrons. The predicted molar refractivity (Wildman–Crippen MR) is 133 cm³/mol. The lowest BCUT2D eigenvalue weighted by Crippen LogP contribution is -2.24. The number of aliphatic imine (C=N–C) groups is 1. The first-order chi connectivity index (χ1) is 14.5. The maximum absolute atomic E-state index is 10.7. The van der Waals surface area contributed by atoms with Crippen molar-refractivity contribution in [1.82, 2.24) is 0 Å². The van der Waals surface area contributed by atoms with E-state index in [1.807, 2.05) is 48.7 Å². The Hall–Kier alpha value is -2.44. The minimum atomic E-state index is -0.0740. The van der Waals surface area contributed by atoms with Gasteiger partial charge < -0.3 is 5.11 Å². The summed E-state index contributed by atoms with van der Waals surface area (Å²) in [5, 5.41) is 12.0. The van der Waals surface area contributed by atoms with Crippen molar-refractivity contribution in [3.63, 3.8) is 0 Å². The van der Waals surface area contributed by atoms with Crippen molar-refractivity contribution >= 4 is 25.8 Å². The van der Waals surface area contributed by atoms with Gasteiger partial charge in [-0.15, -0.1) is 0 Å². The molecule has 0 aliphatic heterocycles. The van der Waals surface area contributed by atoms with Gasteiger partial charge in [0.25, 0.3) is 0 Å². The summed E-state index contributed by atoms with van der Waals surface area (Å²) in [6.07, 6.45) is 5.10. The molecule has 0 radical (unpaired) electrons.